The minimum atomic E-state index is 0.771. The van der Waals surface area contributed by atoms with Crippen LogP contribution in [0, 0.1) is 6.08 Å². The molecular weight excluding hydrogens is 112 g/mol. The molecule has 43 valence electrons. The van der Waals surface area contributed by atoms with Crippen LogP contribution in [0.5, 0.6) is 0 Å². The molecule has 1 rings (SSSR count). The Labute approximate surface area is 53.6 Å². The van der Waals surface area contributed by atoms with Gasteiger partial charge in [-0.05, 0) is 5.56 Å². The number of hydrogen-bond acceptors (Lipinski definition) is 1. The average Bonchev–Trinajstić information content (AvgIpc) is 1.91. The highest BCUT2D eigenvalue weighted by Crippen LogP contribution is 1.94. The van der Waals surface area contributed by atoms with Gasteiger partial charge < -0.3 is 0 Å². The van der Waals surface area contributed by atoms with Crippen molar-refractivity contribution in [3.05, 3.63) is 42.0 Å². The molecule has 1 radical (unpaired) electrons. The van der Waals surface area contributed by atoms with Gasteiger partial charge in [-0.3, -0.25) is 0 Å². The van der Waals surface area contributed by atoms with Gasteiger partial charge in [0.25, 0.3) is 0 Å². The van der Waals surface area contributed by atoms with Gasteiger partial charge in [-0.2, -0.15) is 0 Å². The number of hydrogen-bond donors (Lipinski definition) is 0. The predicted octanol–water partition coefficient (Wildman–Crippen LogP) is 1.23. The quantitative estimate of drug-likeness (QED) is 0.505. The molecule has 1 heteroatoms. The van der Waals surface area contributed by atoms with Gasteiger partial charge in [0, 0.05) is 0 Å². The van der Waals surface area contributed by atoms with E-state index in [1.165, 1.54) is 0 Å². The van der Waals surface area contributed by atoms with Gasteiger partial charge in [0.05, 0.1) is 6.08 Å². The molecule has 0 fully saturated rings. The molecule has 1 aromatic carbocycles. The zero-order valence-corrected chi connectivity index (χ0v) is 4.79. The van der Waals surface area contributed by atoms with Crippen LogP contribution in [-0.4, -0.2) is 5.94 Å². The van der Waals surface area contributed by atoms with Crippen molar-refractivity contribution in [2.75, 3.05) is 0 Å². The lowest BCUT2D eigenvalue weighted by atomic mass is 10.2. The first kappa shape index (κ1) is 5.80. The van der Waals surface area contributed by atoms with Crippen LogP contribution in [0.4, 0.5) is 0 Å². The monoisotopic (exact) mass is 117 g/mol. The van der Waals surface area contributed by atoms with Gasteiger partial charge in [-0.1, -0.05) is 30.3 Å². The van der Waals surface area contributed by atoms with E-state index in [1.54, 1.807) is 18.1 Å². The van der Waals surface area contributed by atoms with Crippen LogP contribution in [0.25, 0.3) is 0 Å². The summed E-state index contributed by atoms with van der Waals surface area (Å²) in [6.07, 6.45) is 2.40. The Balaban J connectivity index is 2.97. The van der Waals surface area contributed by atoms with Crippen molar-refractivity contribution >= 4 is 5.94 Å². The molecule has 0 N–H and O–H groups in total. The smallest absolute Gasteiger partial charge is 0.134 e. The van der Waals surface area contributed by atoms with Crippen LogP contribution in [0.1, 0.15) is 5.56 Å². The van der Waals surface area contributed by atoms with Crippen molar-refractivity contribution in [1.29, 1.82) is 0 Å². The van der Waals surface area contributed by atoms with Crippen molar-refractivity contribution in [3.63, 3.8) is 0 Å². The standard InChI is InChI=1S/C8H5O/c9-7-6-8-4-2-1-3-5-8/h1-5H. The molecule has 1 nitrogen and oxygen atoms in total. The minimum Gasteiger partial charge on any atom is -0.233 e. The van der Waals surface area contributed by atoms with Crippen molar-refractivity contribution in [3.8, 4) is 0 Å². The fourth-order valence-corrected chi connectivity index (χ4v) is 0.580. The molecule has 0 bridgehead atoms. The van der Waals surface area contributed by atoms with E-state index < -0.39 is 0 Å². The van der Waals surface area contributed by atoms with Crippen molar-refractivity contribution in [1.82, 2.24) is 0 Å². The Hall–Kier alpha value is -1.33. The SMILES string of the molecule is O=C=[C]c1ccccc1. The first-order valence-electron chi connectivity index (χ1n) is 2.61. The van der Waals surface area contributed by atoms with Crippen LogP contribution >= 0.6 is 0 Å². The van der Waals surface area contributed by atoms with Gasteiger partial charge in [0.15, 0.2) is 0 Å². The normalized spacial score (nSPS) is 8.00. The molecule has 0 saturated heterocycles. The Bertz CT molecular complexity index is 220. The van der Waals surface area contributed by atoms with Gasteiger partial charge in [-0.25, -0.2) is 4.79 Å². The minimum absolute atomic E-state index is 0.771. The molecular formula is C8H5O. The van der Waals surface area contributed by atoms with E-state index in [0.717, 1.165) is 5.56 Å². The van der Waals surface area contributed by atoms with E-state index in [0.29, 0.717) is 0 Å². The van der Waals surface area contributed by atoms with E-state index in [4.69, 9.17) is 0 Å². The third-order valence-electron chi connectivity index (χ3n) is 0.969. The third-order valence-corrected chi connectivity index (χ3v) is 0.969. The average molecular weight is 117 g/mol. The van der Waals surface area contributed by atoms with Crippen molar-refractivity contribution in [2.45, 2.75) is 0 Å². The number of carbonyl (C=O) groups excluding carboxylic acids is 1. The maximum Gasteiger partial charge on any atom is 0.134 e. The summed E-state index contributed by atoms with van der Waals surface area (Å²) in [5, 5.41) is 0. The molecule has 0 aliphatic rings. The predicted molar refractivity (Wildman–Crippen MR) is 34.5 cm³/mol. The maximum absolute atomic E-state index is 9.74. The highest BCUT2D eigenvalue weighted by molar-refractivity contribution is 5.48. The maximum atomic E-state index is 9.74. The first-order chi connectivity index (χ1) is 4.43. The van der Waals surface area contributed by atoms with Crippen LogP contribution in [0.15, 0.2) is 30.3 Å². The molecule has 0 saturated carbocycles. The Morgan fingerprint density at radius 2 is 1.78 bits per heavy atom. The van der Waals surface area contributed by atoms with Gasteiger partial charge in [0.1, 0.15) is 5.94 Å². The fraction of sp³-hybridized carbons (Fsp3) is 0. The lowest BCUT2D eigenvalue weighted by Gasteiger charge is -1.83. The molecule has 0 aromatic heterocycles. The molecule has 1 aromatic rings. The molecule has 0 unspecified atom stereocenters. The summed E-state index contributed by atoms with van der Waals surface area (Å²) in [5.74, 6) is 1.58. The molecule has 0 spiro atoms. The van der Waals surface area contributed by atoms with Crippen molar-refractivity contribution in [2.24, 2.45) is 0 Å². The molecule has 0 heterocycles. The lowest BCUT2D eigenvalue weighted by molar-refractivity contribution is 0.568. The Kier molecular flexibility index (Phi) is 1.84. The zero-order chi connectivity index (χ0) is 6.53. The second kappa shape index (κ2) is 2.85. The first-order valence-corrected chi connectivity index (χ1v) is 2.61. The van der Waals surface area contributed by atoms with E-state index in [9.17, 15) is 4.79 Å². The van der Waals surface area contributed by atoms with Gasteiger partial charge in [-0.15, -0.1) is 0 Å². The van der Waals surface area contributed by atoms with E-state index in [-0.39, 0.29) is 0 Å². The molecule has 0 atom stereocenters. The van der Waals surface area contributed by atoms with Gasteiger partial charge >= 0.3 is 0 Å². The largest absolute Gasteiger partial charge is 0.233 e. The summed E-state index contributed by atoms with van der Waals surface area (Å²) in [5.41, 5.74) is 0.771. The molecule has 0 aliphatic carbocycles. The zero-order valence-electron chi connectivity index (χ0n) is 4.79. The summed E-state index contributed by atoms with van der Waals surface area (Å²) in [6, 6.07) is 9.17. The summed E-state index contributed by atoms with van der Waals surface area (Å²) in [6.45, 7) is 0. The summed E-state index contributed by atoms with van der Waals surface area (Å²) in [4.78, 5) is 9.74. The number of benzene rings is 1. The van der Waals surface area contributed by atoms with E-state index in [2.05, 4.69) is 6.08 Å². The lowest BCUT2D eigenvalue weighted by Crippen LogP contribution is -1.69. The topological polar surface area (TPSA) is 17.1 Å². The van der Waals surface area contributed by atoms with E-state index in [1.807, 2.05) is 18.2 Å². The van der Waals surface area contributed by atoms with Crippen molar-refractivity contribution < 1.29 is 4.79 Å². The Morgan fingerprint density at radius 1 is 1.11 bits per heavy atom. The highest BCUT2D eigenvalue weighted by Gasteiger charge is 1.80. The van der Waals surface area contributed by atoms with Crippen LogP contribution in [-0.2, 0) is 4.79 Å². The highest BCUT2D eigenvalue weighted by atomic mass is 16.1. The third kappa shape index (κ3) is 1.56. The molecule has 0 aliphatic heterocycles. The van der Waals surface area contributed by atoms with Gasteiger partial charge in [0.2, 0.25) is 0 Å². The van der Waals surface area contributed by atoms with Crippen LogP contribution in [0.2, 0.25) is 0 Å². The summed E-state index contributed by atoms with van der Waals surface area (Å²) >= 11 is 0. The van der Waals surface area contributed by atoms with E-state index >= 15 is 0 Å². The summed E-state index contributed by atoms with van der Waals surface area (Å²) < 4.78 is 0. The second-order valence-corrected chi connectivity index (χ2v) is 1.59. The second-order valence-electron chi connectivity index (χ2n) is 1.59. The summed E-state index contributed by atoms with van der Waals surface area (Å²) in [7, 11) is 0. The van der Waals surface area contributed by atoms with Crippen LogP contribution in [0.3, 0.4) is 0 Å². The molecule has 9 heavy (non-hydrogen) atoms. The van der Waals surface area contributed by atoms with Crippen LogP contribution < -0.4 is 0 Å². The fourth-order valence-electron chi connectivity index (χ4n) is 0.580. The number of rotatable bonds is 1. The molecule has 0 amide bonds. The Morgan fingerprint density at radius 3 is 2.33 bits per heavy atom.